The SMILES string of the molecule is CCCC(C)CCC[C@@H](C)[C@H]1CC[C@H]2[C@@H]3CC[C@@H]4C[C@@H](O)CC[C@]4(C)[C@H]3CC[C@]12C. The maximum absolute atomic E-state index is 10.3. The van der Waals surface area contributed by atoms with E-state index < -0.39 is 0 Å². The van der Waals surface area contributed by atoms with Crippen molar-refractivity contribution in [3.8, 4) is 0 Å². The van der Waals surface area contributed by atoms with Crippen molar-refractivity contribution in [2.24, 2.45) is 52.3 Å². The number of hydrogen-bond donors (Lipinski definition) is 1. The molecule has 0 aromatic rings. The second-order valence-electron chi connectivity index (χ2n) is 13.1. The Morgan fingerprint density at radius 3 is 2.33 bits per heavy atom. The van der Waals surface area contributed by atoms with E-state index in [9.17, 15) is 5.11 Å². The van der Waals surface area contributed by atoms with Crippen molar-refractivity contribution >= 4 is 0 Å². The Morgan fingerprint density at radius 1 is 0.833 bits per heavy atom. The summed E-state index contributed by atoms with van der Waals surface area (Å²) >= 11 is 0. The van der Waals surface area contributed by atoms with E-state index in [1.807, 2.05) is 0 Å². The molecule has 4 saturated carbocycles. The lowest BCUT2D eigenvalue weighted by Gasteiger charge is -2.61. The van der Waals surface area contributed by atoms with Crippen molar-refractivity contribution in [2.45, 2.75) is 131 Å². The van der Waals surface area contributed by atoms with Gasteiger partial charge in [0.1, 0.15) is 0 Å². The molecule has 0 aromatic heterocycles. The third kappa shape index (κ3) is 4.04. The average molecular weight is 417 g/mol. The third-order valence-electron chi connectivity index (χ3n) is 11.5. The fourth-order valence-corrected chi connectivity index (χ4v) is 9.84. The van der Waals surface area contributed by atoms with Crippen LogP contribution in [0.25, 0.3) is 0 Å². The molecule has 0 spiro atoms. The molecule has 0 amide bonds. The van der Waals surface area contributed by atoms with Gasteiger partial charge in [0, 0.05) is 0 Å². The summed E-state index contributed by atoms with van der Waals surface area (Å²) in [6.45, 7) is 12.8. The highest BCUT2D eigenvalue weighted by Gasteiger charge is 2.60. The van der Waals surface area contributed by atoms with Crippen LogP contribution in [0, 0.1) is 52.3 Å². The molecule has 30 heavy (non-hydrogen) atoms. The van der Waals surface area contributed by atoms with Crippen LogP contribution in [-0.4, -0.2) is 11.2 Å². The first-order valence-electron chi connectivity index (χ1n) is 14.0. The Kier molecular flexibility index (Phi) is 6.99. The van der Waals surface area contributed by atoms with Crippen LogP contribution in [0.4, 0.5) is 0 Å². The molecule has 0 aliphatic heterocycles. The lowest BCUT2D eigenvalue weighted by Crippen LogP contribution is -2.54. The highest BCUT2D eigenvalue weighted by molar-refractivity contribution is 5.09. The van der Waals surface area contributed by atoms with Crippen molar-refractivity contribution < 1.29 is 5.11 Å². The quantitative estimate of drug-likeness (QED) is 0.443. The highest BCUT2D eigenvalue weighted by atomic mass is 16.3. The largest absolute Gasteiger partial charge is 0.393 e. The topological polar surface area (TPSA) is 20.2 Å². The first-order chi connectivity index (χ1) is 14.3. The maximum Gasteiger partial charge on any atom is 0.0543 e. The summed E-state index contributed by atoms with van der Waals surface area (Å²) in [5.41, 5.74) is 1.15. The van der Waals surface area contributed by atoms with Crippen molar-refractivity contribution in [1.82, 2.24) is 0 Å². The summed E-state index contributed by atoms with van der Waals surface area (Å²) in [4.78, 5) is 0. The molecular weight excluding hydrogens is 364 g/mol. The minimum atomic E-state index is -0.00904. The van der Waals surface area contributed by atoms with Crippen LogP contribution in [0.5, 0.6) is 0 Å². The lowest BCUT2D eigenvalue weighted by atomic mass is 9.44. The van der Waals surface area contributed by atoms with Gasteiger partial charge in [-0.2, -0.15) is 0 Å². The fourth-order valence-electron chi connectivity index (χ4n) is 9.84. The van der Waals surface area contributed by atoms with Crippen LogP contribution in [0.3, 0.4) is 0 Å². The zero-order valence-electron chi connectivity index (χ0n) is 21.0. The molecule has 10 atom stereocenters. The van der Waals surface area contributed by atoms with Gasteiger partial charge >= 0.3 is 0 Å². The number of aliphatic hydroxyl groups is 1. The Labute approximate surface area is 188 Å². The number of fused-ring (bicyclic) bond motifs is 5. The van der Waals surface area contributed by atoms with Crippen LogP contribution in [0.1, 0.15) is 125 Å². The molecule has 4 aliphatic carbocycles. The summed E-state index contributed by atoms with van der Waals surface area (Å²) in [5.74, 6) is 6.55. The van der Waals surface area contributed by atoms with Gasteiger partial charge < -0.3 is 5.11 Å². The molecule has 4 aliphatic rings. The minimum Gasteiger partial charge on any atom is -0.393 e. The van der Waals surface area contributed by atoms with Gasteiger partial charge in [-0.05, 0) is 110 Å². The van der Waals surface area contributed by atoms with Gasteiger partial charge in [0.15, 0.2) is 0 Å². The van der Waals surface area contributed by atoms with Gasteiger partial charge in [-0.25, -0.2) is 0 Å². The molecule has 0 bridgehead atoms. The zero-order chi connectivity index (χ0) is 21.5. The lowest BCUT2D eigenvalue weighted by molar-refractivity contribution is -0.129. The van der Waals surface area contributed by atoms with Crippen LogP contribution in [-0.2, 0) is 0 Å². The van der Waals surface area contributed by atoms with E-state index in [0.717, 1.165) is 54.3 Å². The molecule has 0 aromatic carbocycles. The van der Waals surface area contributed by atoms with E-state index in [4.69, 9.17) is 0 Å². The number of hydrogen-bond acceptors (Lipinski definition) is 1. The molecule has 0 heterocycles. The van der Waals surface area contributed by atoms with E-state index in [0.29, 0.717) is 10.8 Å². The van der Waals surface area contributed by atoms with E-state index >= 15 is 0 Å². The standard InChI is InChI=1S/C29H52O/c1-6-8-20(2)9-7-10-21(3)25-13-14-26-24-12-11-22-19-23(30)15-17-28(22,4)27(24)16-18-29(25,26)5/h20-27,30H,6-19H2,1-5H3/t20?,21-,22-,23+,24+,25-,26+,27+,28+,29-/m1/s1. The Balaban J connectivity index is 1.40. The number of aliphatic hydroxyl groups excluding tert-OH is 1. The van der Waals surface area contributed by atoms with Crippen molar-refractivity contribution in [3.05, 3.63) is 0 Å². The molecule has 1 unspecified atom stereocenters. The molecule has 1 N–H and O–H groups in total. The molecule has 174 valence electrons. The van der Waals surface area contributed by atoms with Gasteiger partial charge in [0.2, 0.25) is 0 Å². The van der Waals surface area contributed by atoms with Crippen LogP contribution in [0.2, 0.25) is 0 Å². The van der Waals surface area contributed by atoms with E-state index in [1.54, 1.807) is 0 Å². The van der Waals surface area contributed by atoms with Gasteiger partial charge in [-0.15, -0.1) is 0 Å². The molecule has 4 rings (SSSR count). The second-order valence-corrected chi connectivity index (χ2v) is 13.1. The van der Waals surface area contributed by atoms with Crippen LogP contribution >= 0.6 is 0 Å². The monoisotopic (exact) mass is 416 g/mol. The molecule has 1 heteroatoms. The predicted octanol–water partition coefficient (Wildman–Crippen LogP) is 8.25. The van der Waals surface area contributed by atoms with Crippen molar-refractivity contribution in [1.29, 1.82) is 0 Å². The summed E-state index contributed by atoms with van der Waals surface area (Å²) in [6.07, 6.45) is 19.4. The van der Waals surface area contributed by atoms with Crippen molar-refractivity contribution in [2.75, 3.05) is 0 Å². The molecule has 1 nitrogen and oxygen atoms in total. The van der Waals surface area contributed by atoms with Gasteiger partial charge in [0.25, 0.3) is 0 Å². The molecular formula is C29H52O. The highest BCUT2D eigenvalue weighted by Crippen LogP contribution is 2.68. The first-order valence-corrected chi connectivity index (χ1v) is 14.0. The summed E-state index contributed by atoms with van der Waals surface area (Å²) in [6, 6.07) is 0. The zero-order valence-corrected chi connectivity index (χ0v) is 21.0. The fraction of sp³-hybridized carbons (Fsp3) is 1.00. The predicted molar refractivity (Wildman–Crippen MR) is 128 cm³/mol. The van der Waals surface area contributed by atoms with Crippen LogP contribution < -0.4 is 0 Å². The van der Waals surface area contributed by atoms with Gasteiger partial charge in [0.05, 0.1) is 6.10 Å². The minimum absolute atomic E-state index is 0.00904. The maximum atomic E-state index is 10.3. The van der Waals surface area contributed by atoms with Crippen molar-refractivity contribution in [3.63, 3.8) is 0 Å². The summed E-state index contributed by atoms with van der Waals surface area (Å²) in [5, 5.41) is 10.3. The smallest absolute Gasteiger partial charge is 0.0543 e. The Hall–Kier alpha value is -0.0400. The normalized spacial score (nSPS) is 47.8. The van der Waals surface area contributed by atoms with Gasteiger partial charge in [-0.3, -0.25) is 0 Å². The molecule has 0 radical (unpaired) electrons. The van der Waals surface area contributed by atoms with Gasteiger partial charge in [-0.1, -0.05) is 66.7 Å². The van der Waals surface area contributed by atoms with E-state index in [1.165, 1.54) is 77.0 Å². The second kappa shape index (κ2) is 9.07. The Bertz CT molecular complexity index is 571. The summed E-state index contributed by atoms with van der Waals surface area (Å²) < 4.78 is 0. The average Bonchev–Trinajstić information content (AvgIpc) is 3.06. The van der Waals surface area contributed by atoms with E-state index in [2.05, 4.69) is 34.6 Å². The van der Waals surface area contributed by atoms with Crippen LogP contribution in [0.15, 0.2) is 0 Å². The number of rotatable bonds is 7. The summed E-state index contributed by atoms with van der Waals surface area (Å²) in [7, 11) is 0. The Morgan fingerprint density at radius 2 is 1.57 bits per heavy atom. The molecule has 4 fully saturated rings. The first kappa shape index (κ1) is 23.1. The molecule has 0 saturated heterocycles. The van der Waals surface area contributed by atoms with E-state index in [-0.39, 0.29) is 6.10 Å². The third-order valence-corrected chi connectivity index (χ3v) is 11.5.